The fourth-order valence-electron chi connectivity index (χ4n) is 2.47. The van der Waals surface area contributed by atoms with Crippen molar-refractivity contribution in [3.63, 3.8) is 0 Å². The molecule has 1 aromatic carbocycles. The Morgan fingerprint density at radius 1 is 1.40 bits per heavy atom. The van der Waals surface area contributed by atoms with Crippen LogP contribution in [0.2, 0.25) is 0 Å². The first-order valence-corrected chi connectivity index (χ1v) is 8.79. The Morgan fingerprint density at radius 3 is 2.80 bits per heavy atom. The number of rotatable bonds is 4. The molecule has 1 aliphatic rings. The van der Waals surface area contributed by atoms with E-state index in [-0.39, 0.29) is 10.9 Å². The first kappa shape index (κ1) is 15.8. The van der Waals surface area contributed by atoms with Gasteiger partial charge < -0.3 is 10.5 Å². The highest BCUT2D eigenvalue weighted by atomic mass is 79.9. The van der Waals surface area contributed by atoms with Crippen LogP contribution in [-0.2, 0) is 10.0 Å². The summed E-state index contributed by atoms with van der Waals surface area (Å²) in [6.45, 7) is 0.878. The average Bonchev–Trinajstić information content (AvgIpc) is 2.46. The van der Waals surface area contributed by atoms with Gasteiger partial charge in [-0.15, -0.1) is 0 Å². The third-order valence-electron chi connectivity index (χ3n) is 3.53. The minimum Gasteiger partial charge on any atom is -0.497 e. The number of nitrogens with zero attached hydrogens (tertiary/aromatic N) is 1. The van der Waals surface area contributed by atoms with Crippen LogP contribution in [0.5, 0.6) is 5.75 Å². The second-order valence-corrected chi connectivity index (χ2v) is 7.63. The van der Waals surface area contributed by atoms with Gasteiger partial charge in [0.1, 0.15) is 5.75 Å². The Morgan fingerprint density at radius 2 is 2.15 bits per heavy atom. The third-order valence-corrected chi connectivity index (χ3v) is 5.92. The highest BCUT2D eigenvalue weighted by molar-refractivity contribution is 9.10. The van der Waals surface area contributed by atoms with Gasteiger partial charge in [-0.25, -0.2) is 8.42 Å². The van der Waals surface area contributed by atoms with Crippen molar-refractivity contribution in [1.29, 1.82) is 0 Å². The molecule has 0 spiro atoms. The molecule has 0 bridgehead atoms. The number of hydrogen-bond donors (Lipinski definition) is 1. The molecule has 0 aromatic heterocycles. The van der Waals surface area contributed by atoms with Crippen molar-refractivity contribution >= 4 is 26.0 Å². The van der Waals surface area contributed by atoms with E-state index in [1.54, 1.807) is 18.2 Å². The van der Waals surface area contributed by atoms with Crippen LogP contribution in [-0.4, -0.2) is 39.0 Å². The maximum absolute atomic E-state index is 12.8. The zero-order valence-electron chi connectivity index (χ0n) is 11.4. The van der Waals surface area contributed by atoms with Crippen LogP contribution in [0, 0.1) is 0 Å². The lowest BCUT2D eigenvalue weighted by Gasteiger charge is -2.33. The molecule has 2 rings (SSSR count). The van der Waals surface area contributed by atoms with E-state index in [0.29, 0.717) is 23.3 Å². The van der Waals surface area contributed by atoms with Crippen LogP contribution < -0.4 is 10.5 Å². The summed E-state index contributed by atoms with van der Waals surface area (Å²) in [5.41, 5.74) is 5.71. The minimum atomic E-state index is -3.54. The van der Waals surface area contributed by atoms with Crippen LogP contribution in [0.25, 0.3) is 0 Å². The number of nitrogens with two attached hydrogens (primary N) is 1. The van der Waals surface area contributed by atoms with Crippen molar-refractivity contribution in [2.24, 2.45) is 5.73 Å². The normalized spacial score (nSPS) is 20.9. The zero-order chi connectivity index (χ0) is 14.8. The van der Waals surface area contributed by atoms with Gasteiger partial charge in [0.05, 0.1) is 12.0 Å². The second-order valence-electron chi connectivity index (χ2n) is 4.83. The number of halogens is 1. The summed E-state index contributed by atoms with van der Waals surface area (Å²) in [6.07, 6.45) is 2.72. The fourth-order valence-corrected chi connectivity index (χ4v) is 4.85. The Bertz CT molecular complexity index is 577. The fraction of sp³-hybridized carbons (Fsp3) is 0.538. The van der Waals surface area contributed by atoms with Gasteiger partial charge in [-0.05, 0) is 25.0 Å². The number of methoxy groups -OCH3 is 1. The topological polar surface area (TPSA) is 72.6 Å². The summed E-state index contributed by atoms with van der Waals surface area (Å²) in [4.78, 5) is 0.240. The van der Waals surface area contributed by atoms with Crippen molar-refractivity contribution in [2.45, 2.75) is 30.2 Å². The maximum Gasteiger partial charge on any atom is 0.243 e. The lowest BCUT2D eigenvalue weighted by Crippen LogP contribution is -2.47. The van der Waals surface area contributed by atoms with Crippen LogP contribution in [0.1, 0.15) is 19.3 Å². The van der Waals surface area contributed by atoms with Gasteiger partial charge in [0.25, 0.3) is 0 Å². The molecule has 1 aliphatic heterocycles. The number of ether oxygens (including phenoxy) is 1. The number of piperidine rings is 1. The Balaban J connectivity index is 2.40. The molecule has 0 saturated carbocycles. The molecule has 0 aliphatic carbocycles. The van der Waals surface area contributed by atoms with Crippen molar-refractivity contribution in [2.75, 3.05) is 20.2 Å². The molecule has 1 saturated heterocycles. The van der Waals surface area contributed by atoms with Gasteiger partial charge in [0, 0.05) is 29.7 Å². The molecular formula is C13H19BrN2O3S. The molecule has 1 aromatic rings. The molecule has 5 nitrogen and oxygen atoms in total. The molecule has 20 heavy (non-hydrogen) atoms. The number of benzene rings is 1. The Kier molecular flexibility index (Phi) is 5.06. The Hall–Kier alpha value is -0.630. The predicted molar refractivity (Wildman–Crippen MR) is 81.3 cm³/mol. The number of sulfonamides is 1. The average molecular weight is 363 g/mol. The summed E-state index contributed by atoms with van der Waals surface area (Å²) < 4.78 is 32.9. The van der Waals surface area contributed by atoms with Crippen molar-refractivity contribution < 1.29 is 13.2 Å². The van der Waals surface area contributed by atoms with Crippen LogP contribution in [0.15, 0.2) is 27.6 Å². The molecule has 112 valence electrons. The maximum atomic E-state index is 12.8. The molecule has 7 heteroatoms. The van der Waals surface area contributed by atoms with Crippen LogP contribution in [0.4, 0.5) is 0 Å². The van der Waals surface area contributed by atoms with E-state index in [0.717, 1.165) is 19.3 Å². The lowest BCUT2D eigenvalue weighted by atomic mass is 10.1. The van der Waals surface area contributed by atoms with Gasteiger partial charge >= 0.3 is 0 Å². The standard InChI is InChI=1S/C13H19BrN2O3S/c1-19-12-6-10(14)7-13(8-12)20(17,18)16-5-3-2-4-11(16)9-15/h6-8,11H,2-5,9,15H2,1H3. The van der Waals surface area contributed by atoms with Gasteiger partial charge in [-0.2, -0.15) is 4.31 Å². The molecular weight excluding hydrogens is 344 g/mol. The number of hydrogen-bond acceptors (Lipinski definition) is 4. The van der Waals surface area contributed by atoms with E-state index < -0.39 is 10.0 Å². The highest BCUT2D eigenvalue weighted by Gasteiger charge is 2.33. The first-order chi connectivity index (χ1) is 9.48. The van der Waals surface area contributed by atoms with E-state index in [1.807, 2.05) is 0 Å². The summed E-state index contributed by atoms with van der Waals surface area (Å²) in [5, 5.41) is 0. The van der Waals surface area contributed by atoms with E-state index >= 15 is 0 Å². The van der Waals surface area contributed by atoms with Gasteiger partial charge in [-0.1, -0.05) is 22.4 Å². The molecule has 1 unspecified atom stereocenters. The predicted octanol–water partition coefficient (Wildman–Crippen LogP) is 1.96. The molecule has 0 amide bonds. The van der Waals surface area contributed by atoms with E-state index in [9.17, 15) is 8.42 Å². The summed E-state index contributed by atoms with van der Waals surface area (Å²) in [5.74, 6) is 0.513. The lowest BCUT2D eigenvalue weighted by molar-refractivity contribution is 0.257. The van der Waals surface area contributed by atoms with E-state index in [4.69, 9.17) is 10.5 Å². The van der Waals surface area contributed by atoms with Crippen LogP contribution in [0.3, 0.4) is 0 Å². The molecule has 1 heterocycles. The minimum absolute atomic E-state index is 0.112. The van der Waals surface area contributed by atoms with Crippen LogP contribution >= 0.6 is 15.9 Å². The van der Waals surface area contributed by atoms with Crippen molar-refractivity contribution in [3.05, 3.63) is 22.7 Å². The largest absolute Gasteiger partial charge is 0.497 e. The summed E-state index contributed by atoms with van der Waals surface area (Å²) in [6, 6.07) is 4.76. The zero-order valence-corrected chi connectivity index (χ0v) is 13.8. The Labute approximate surface area is 128 Å². The second kappa shape index (κ2) is 6.43. The summed E-state index contributed by atoms with van der Waals surface area (Å²) in [7, 11) is -2.02. The first-order valence-electron chi connectivity index (χ1n) is 6.55. The summed E-state index contributed by atoms with van der Waals surface area (Å²) >= 11 is 3.31. The van der Waals surface area contributed by atoms with E-state index in [2.05, 4.69) is 15.9 Å². The quantitative estimate of drug-likeness (QED) is 0.888. The third kappa shape index (κ3) is 3.16. The highest BCUT2D eigenvalue weighted by Crippen LogP contribution is 2.29. The van der Waals surface area contributed by atoms with E-state index in [1.165, 1.54) is 11.4 Å². The van der Waals surface area contributed by atoms with Gasteiger partial charge in [0.15, 0.2) is 0 Å². The monoisotopic (exact) mass is 362 g/mol. The van der Waals surface area contributed by atoms with Crippen molar-refractivity contribution in [3.8, 4) is 5.75 Å². The van der Waals surface area contributed by atoms with Crippen molar-refractivity contribution in [1.82, 2.24) is 4.31 Å². The van der Waals surface area contributed by atoms with Gasteiger partial charge in [0.2, 0.25) is 10.0 Å². The molecule has 1 atom stereocenters. The smallest absolute Gasteiger partial charge is 0.243 e. The SMILES string of the molecule is COc1cc(Br)cc(S(=O)(=O)N2CCCCC2CN)c1. The molecule has 1 fully saturated rings. The molecule has 0 radical (unpaired) electrons. The molecule has 2 N–H and O–H groups in total. The van der Waals surface area contributed by atoms with Gasteiger partial charge in [-0.3, -0.25) is 0 Å².